The summed E-state index contributed by atoms with van der Waals surface area (Å²) in [6.07, 6.45) is 1.04. The third-order valence-electron chi connectivity index (χ3n) is 4.02. The first kappa shape index (κ1) is 15.1. The molecule has 0 bridgehead atoms. The van der Waals surface area contributed by atoms with Crippen molar-refractivity contribution in [3.63, 3.8) is 0 Å². The standard InChI is InChI=1S/C15H22ClN3O/c1-3-18(4-2)12-7-8-19(10-12)15(20)11-5-6-13(16)14(17)9-11/h5-6,9,12H,3-4,7-8,10,17H2,1-2H3. The number of rotatable bonds is 4. The average Bonchev–Trinajstić information content (AvgIpc) is 2.92. The number of likely N-dealkylation sites (N-methyl/N-ethyl adjacent to an activating group) is 1. The van der Waals surface area contributed by atoms with E-state index in [2.05, 4.69) is 18.7 Å². The van der Waals surface area contributed by atoms with E-state index in [0.29, 0.717) is 22.3 Å². The molecule has 5 heteroatoms. The van der Waals surface area contributed by atoms with Gasteiger partial charge in [-0.15, -0.1) is 0 Å². The number of nitrogen functional groups attached to an aromatic ring is 1. The van der Waals surface area contributed by atoms with Gasteiger partial charge < -0.3 is 10.6 Å². The molecule has 1 heterocycles. The largest absolute Gasteiger partial charge is 0.398 e. The molecule has 1 fully saturated rings. The number of nitrogens with zero attached hydrogens (tertiary/aromatic N) is 2. The first-order valence-electron chi connectivity index (χ1n) is 7.15. The van der Waals surface area contributed by atoms with E-state index in [1.54, 1.807) is 18.2 Å². The van der Waals surface area contributed by atoms with Crippen LogP contribution in [-0.2, 0) is 0 Å². The van der Waals surface area contributed by atoms with Gasteiger partial charge in [0.05, 0.1) is 10.7 Å². The van der Waals surface area contributed by atoms with Gasteiger partial charge in [0, 0.05) is 24.7 Å². The Morgan fingerprint density at radius 2 is 2.15 bits per heavy atom. The Morgan fingerprint density at radius 1 is 1.45 bits per heavy atom. The molecule has 1 aromatic rings. The fourth-order valence-corrected chi connectivity index (χ4v) is 2.94. The Bertz CT molecular complexity index is 488. The van der Waals surface area contributed by atoms with Crippen molar-refractivity contribution in [2.45, 2.75) is 26.3 Å². The van der Waals surface area contributed by atoms with Gasteiger partial charge in [-0.1, -0.05) is 25.4 Å². The molecule has 4 nitrogen and oxygen atoms in total. The van der Waals surface area contributed by atoms with E-state index in [-0.39, 0.29) is 5.91 Å². The van der Waals surface area contributed by atoms with Crippen LogP contribution in [0.4, 0.5) is 5.69 Å². The number of nitrogens with two attached hydrogens (primary N) is 1. The summed E-state index contributed by atoms with van der Waals surface area (Å²) in [4.78, 5) is 16.8. The number of carbonyl (C=O) groups excluding carboxylic acids is 1. The van der Waals surface area contributed by atoms with Crippen molar-refractivity contribution in [2.24, 2.45) is 0 Å². The number of amides is 1. The molecule has 0 saturated carbocycles. The first-order valence-corrected chi connectivity index (χ1v) is 7.53. The van der Waals surface area contributed by atoms with Gasteiger partial charge in [0.1, 0.15) is 0 Å². The molecule has 0 aliphatic carbocycles. The van der Waals surface area contributed by atoms with Crippen molar-refractivity contribution < 1.29 is 4.79 Å². The predicted octanol–water partition coefficient (Wildman–Crippen LogP) is 2.48. The molecule has 0 aromatic heterocycles. The van der Waals surface area contributed by atoms with E-state index in [4.69, 9.17) is 17.3 Å². The molecular weight excluding hydrogens is 274 g/mol. The molecule has 1 aliphatic heterocycles. The zero-order valence-corrected chi connectivity index (χ0v) is 12.9. The fraction of sp³-hybridized carbons (Fsp3) is 0.533. The maximum Gasteiger partial charge on any atom is 0.253 e. The Kier molecular flexibility index (Phi) is 4.89. The van der Waals surface area contributed by atoms with Gasteiger partial charge in [-0.3, -0.25) is 9.69 Å². The Morgan fingerprint density at radius 3 is 2.75 bits per heavy atom. The molecule has 1 aliphatic rings. The highest BCUT2D eigenvalue weighted by atomic mass is 35.5. The van der Waals surface area contributed by atoms with Crippen LogP contribution >= 0.6 is 11.6 Å². The molecule has 1 amide bonds. The average molecular weight is 296 g/mol. The number of carbonyl (C=O) groups is 1. The van der Waals surface area contributed by atoms with Crippen molar-refractivity contribution in [1.82, 2.24) is 9.80 Å². The van der Waals surface area contributed by atoms with Crippen molar-refractivity contribution in [3.8, 4) is 0 Å². The molecule has 0 spiro atoms. The molecule has 20 heavy (non-hydrogen) atoms. The summed E-state index contributed by atoms with van der Waals surface area (Å²) in [5.74, 6) is 0.0445. The van der Waals surface area contributed by atoms with E-state index in [9.17, 15) is 4.79 Å². The van der Waals surface area contributed by atoms with Crippen LogP contribution in [0.1, 0.15) is 30.6 Å². The molecule has 1 aromatic carbocycles. The fourth-order valence-electron chi connectivity index (χ4n) is 2.82. The van der Waals surface area contributed by atoms with Gasteiger partial charge in [0.2, 0.25) is 0 Å². The van der Waals surface area contributed by atoms with Crippen molar-refractivity contribution in [1.29, 1.82) is 0 Å². The van der Waals surface area contributed by atoms with Gasteiger partial charge in [-0.2, -0.15) is 0 Å². The summed E-state index contributed by atoms with van der Waals surface area (Å²) in [6.45, 7) is 7.97. The van der Waals surface area contributed by atoms with Gasteiger partial charge in [0.15, 0.2) is 0 Å². The van der Waals surface area contributed by atoms with E-state index < -0.39 is 0 Å². The smallest absolute Gasteiger partial charge is 0.253 e. The highest BCUT2D eigenvalue weighted by Crippen LogP contribution is 2.22. The third-order valence-corrected chi connectivity index (χ3v) is 4.37. The molecule has 0 radical (unpaired) electrons. The summed E-state index contributed by atoms with van der Waals surface area (Å²) < 4.78 is 0. The van der Waals surface area contributed by atoms with Crippen LogP contribution < -0.4 is 5.73 Å². The minimum atomic E-state index is 0.0445. The minimum absolute atomic E-state index is 0.0445. The Labute approximate surface area is 125 Å². The second kappa shape index (κ2) is 6.46. The quantitative estimate of drug-likeness (QED) is 0.868. The molecule has 2 N–H and O–H groups in total. The lowest BCUT2D eigenvalue weighted by molar-refractivity contribution is 0.0778. The lowest BCUT2D eigenvalue weighted by Crippen LogP contribution is -2.38. The molecular formula is C15H22ClN3O. The first-order chi connectivity index (χ1) is 9.56. The summed E-state index contributed by atoms with van der Waals surface area (Å²) >= 11 is 5.89. The number of halogens is 1. The monoisotopic (exact) mass is 295 g/mol. The second-order valence-electron chi connectivity index (χ2n) is 5.15. The highest BCUT2D eigenvalue weighted by Gasteiger charge is 2.29. The summed E-state index contributed by atoms with van der Waals surface area (Å²) in [5, 5.41) is 0.490. The summed E-state index contributed by atoms with van der Waals surface area (Å²) in [5.41, 5.74) is 6.84. The highest BCUT2D eigenvalue weighted by molar-refractivity contribution is 6.33. The van der Waals surface area contributed by atoms with Crippen molar-refractivity contribution in [3.05, 3.63) is 28.8 Å². The van der Waals surface area contributed by atoms with Gasteiger partial charge >= 0.3 is 0 Å². The van der Waals surface area contributed by atoms with Crippen LogP contribution in [0.25, 0.3) is 0 Å². The van der Waals surface area contributed by atoms with E-state index in [0.717, 1.165) is 32.6 Å². The van der Waals surface area contributed by atoms with E-state index in [1.807, 2.05) is 4.90 Å². The van der Waals surface area contributed by atoms with E-state index in [1.165, 1.54) is 0 Å². The maximum absolute atomic E-state index is 12.5. The SMILES string of the molecule is CCN(CC)C1CCN(C(=O)c2ccc(Cl)c(N)c2)C1. The van der Waals surface area contributed by atoms with E-state index >= 15 is 0 Å². The normalized spacial score (nSPS) is 18.8. The Hall–Kier alpha value is -1.26. The predicted molar refractivity (Wildman–Crippen MR) is 83.1 cm³/mol. The maximum atomic E-state index is 12.5. The number of hydrogen-bond acceptors (Lipinski definition) is 3. The number of anilines is 1. The van der Waals surface area contributed by atoms with Crippen LogP contribution in [0.3, 0.4) is 0 Å². The lowest BCUT2D eigenvalue weighted by atomic mass is 10.2. The second-order valence-corrected chi connectivity index (χ2v) is 5.56. The summed E-state index contributed by atoms with van der Waals surface area (Å²) in [7, 11) is 0. The molecule has 1 atom stereocenters. The third kappa shape index (κ3) is 3.07. The van der Waals surface area contributed by atoms with Crippen molar-refractivity contribution in [2.75, 3.05) is 31.9 Å². The van der Waals surface area contributed by atoms with Crippen LogP contribution in [0, 0.1) is 0 Å². The van der Waals surface area contributed by atoms with Gasteiger partial charge in [-0.25, -0.2) is 0 Å². The molecule has 1 unspecified atom stereocenters. The van der Waals surface area contributed by atoms with Gasteiger partial charge in [0.25, 0.3) is 5.91 Å². The minimum Gasteiger partial charge on any atom is -0.398 e. The number of likely N-dealkylation sites (tertiary alicyclic amines) is 1. The van der Waals surface area contributed by atoms with Crippen LogP contribution in [0.2, 0.25) is 5.02 Å². The molecule has 1 saturated heterocycles. The number of hydrogen-bond donors (Lipinski definition) is 1. The van der Waals surface area contributed by atoms with Gasteiger partial charge in [-0.05, 0) is 37.7 Å². The lowest BCUT2D eigenvalue weighted by Gasteiger charge is -2.26. The number of benzene rings is 1. The van der Waals surface area contributed by atoms with Crippen molar-refractivity contribution >= 4 is 23.2 Å². The zero-order chi connectivity index (χ0) is 14.7. The topological polar surface area (TPSA) is 49.6 Å². The van der Waals surface area contributed by atoms with Crippen LogP contribution in [0.15, 0.2) is 18.2 Å². The van der Waals surface area contributed by atoms with Crippen LogP contribution in [0.5, 0.6) is 0 Å². The summed E-state index contributed by atoms with van der Waals surface area (Å²) in [6, 6.07) is 5.56. The van der Waals surface area contributed by atoms with Crippen LogP contribution in [-0.4, -0.2) is 47.9 Å². The molecule has 2 rings (SSSR count). The zero-order valence-electron chi connectivity index (χ0n) is 12.1. The molecule has 110 valence electrons. The Balaban J connectivity index is 2.05.